The van der Waals surface area contributed by atoms with Gasteiger partial charge in [0.1, 0.15) is 0 Å². The van der Waals surface area contributed by atoms with Gasteiger partial charge in [-0.15, -0.1) is 0 Å². The maximum atomic E-state index is 11.7. The molecule has 15 heavy (non-hydrogen) atoms. The molecule has 1 unspecified atom stereocenters. The van der Waals surface area contributed by atoms with Gasteiger partial charge in [0.15, 0.2) is 0 Å². The Bertz CT molecular complexity index is 273. The molecule has 1 aliphatic heterocycles. The van der Waals surface area contributed by atoms with Gasteiger partial charge in [0.2, 0.25) is 10.0 Å². The molecule has 0 bridgehead atoms. The number of hydrogen-bond acceptors (Lipinski definition) is 4. The molecule has 0 radical (unpaired) electrons. The van der Waals surface area contributed by atoms with Crippen LogP contribution in [0.15, 0.2) is 0 Å². The summed E-state index contributed by atoms with van der Waals surface area (Å²) < 4.78 is 30.3. The average molecular weight is 236 g/mol. The Morgan fingerprint density at radius 3 is 2.73 bits per heavy atom. The highest BCUT2D eigenvalue weighted by atomic mass is 32.2. The smallest absolute Gasteiger partial charge is 0.213 e. The number of hydrogen-bond donors (Lipinski definition) is 1. The fraction of sp³-hybridized carbons (Fsp3) is 1.00. The van der Waals surface area contributed by atoms with Crippen molar-refractivity contribution in [1.82, 2.24) is 4.31 Å². The van der Waals surface area contributed by atoms with Gasteiger partial charge in [-0.05, 0) is 19.8 Å². The van der Waals surface area contributed by atoms with Gasteiger partial charge in [-0.25, -0.2) is 8.42 Å². The van der Waals surface area contributed by atoms with E-state index in [9.17, 15) is 8.42 Å². The summed E-state index contributed by atoms with van der Waals surface area (Å²) in [5.74, 6) is 0.125. The van der Waals surface area contributed by atoms with Crippen molar-refractivity contribution in [3.05, 3.63) is 0 Å². The van der Waals surface area contributed by atoms with Crippen LogP contribution in [0.5, 0.6) is 0 Å². The van der Waals surface area contributed by atoms with Gasteiger partial charge in [-0.2, -0.15) is 4.31 Å². The van der Waals surface area contributed by atoms with Crippen LogP contribution in [0.25, 0.3) is 0 Å². The lowest BCUT2D eigenvalue weighted by Gasteiger charge is -2.23. The van der Waals surface area contributed by atoms with E-state index >= 15 is 0 Å². The summed E-state index contributed by atoms with van der Waals surface area (Å²) in [5, 5.41) is 0. The minimum Gasteiger partial charge on any atom is -0.377 e. The van der Waals surface area contributed by atoms with Crippen molar-refractivity contribution in [3.8, 4) is 0 Å². The van der Waals surface area contributed by atoms with Crippen molar-refractivity contribution >= 4 is 10.0 Å². The molecule has 0 amide bonds. The summed E-state index contributed by atoms with van der Waals surface area (Å²) in [6, 6.07) is 0. The van der Waals surface area contributed by atoms with E-state index in [0.717, 1.165) is 19.4 Å². The molecule has 90 valence electrons. The number of ether oxygens (including phenoxy) is 1. The molecule has 2 N–H and O–H groups in total. The summed E-state index contributed by atoms with van der Waals surface area (Å²) in [6.45, 7) is 3.58. The molecule has 1 atom stereocenters. The van der Waals surface area contributed by atoms with E-state index in [2.05, 4.69) is 0 Å². The monoisotopic (exact) mass is 236 g/mol. The largest absolute Gasteiger partial charge is 0.377 e. The summed E-state index contributed by atoms with van der Waals surface area (Å²) >= 11 is 0. The topological polar surface area (TPSA) is 72.6 Å². The second-order valence-electron chi connectivity index (χ2n) is 3.68. The molecular formula is C9H20N2O3S. The summed E-state index contributed by atoms with van der Waals surface area (Å²) in [6.07, 6.45) is 2.02. The second-order valence-corrected chi connectivity index (χ2v) is 5.94. The van der Waals surface area contributed by atoms with Crippen LogP contribution in [0, 0.1) is 0 Å². The van der Waals surface area contributed by atoms with Crippen LogP contribution in [0.3, 0.4) is 0 Å². The maximum Gasteiger partial charge on any atom is 0.213 e. The minimum atomic E-state index is -3.14. The summed E-state index contributed by atoms with van der Waals surface area (Å²) in [5.41, 5.74) is 5.41. The zero-order valence-corrected chi connectivity index (χ0v) is 10.0. The third-order valence-electron chi connectivity index (χ3n) is 2.57. The van der Waals surface area contributed by atoms with E-state index in [1.807, 2.05) is 0 Å². The van der Waals surface area contributed by atoms with E-state index in [1.54, 1.807) is 6.92 Å². The van der Waals surface area contributed by atoms with Gasteiger partial charge in [0, 0.05) is 26.2 Å². The fourth-order valence-corrected chi connectivity index (χ4v) is 2.83. The van der Waals surface area contributed by atoms with Crippen LogP contribution < -0.4 is 5.73 Å². The maximum absolute atomic E-state index is 11.7. The standard InChI is InChI=1S/C9H20N2O3S/c1-2-15(12,13)11(6-5-10)8-9-4-3-7-14-9/h9H,2-8,10H2,1H3. The van der Waals surface area contributed by atoms with Crippen molar-refractivity contribution in [2.45, 2.75) is 25.9 Å². The molecule has 0 aliphatic carbocycles. The molecule has 0 spiro atoms. The fourth-order valence-electron chi connectivity index (χ4n) is 1.69. The van der Waals surface area contributed by atoms with Gasteiger partial charge in [-0.3, -0.25) is 0 Å². The first-order valence-corrected chi connectivity index (χ1v) is 7.00. The molecule has 0 aromatic rings. The van der Waals surface area contributed by atoms with Crippen molar-refractivity contribution in [3.63, 3.8) is 0 Å². The van der Waals surface area contributed by atoms with Crippen LogP contribution in [-0.4, -0.2) is 50.8 Å². The van der Waals surface area contributed by atoms with E-state index in [1.165, 1.54) is 4.31 Å². The van der Waals surface area contributed by atoms with Crippen molar-refractivity contribution in [2.75, 3.05) is 32.0 Å². The lowest BCUT2D eigenvalue weighted by molar-refractivity contribution is 0.0943. The lowest BCUT2D eigenvalue weighted by Crippen LogP contribution is -2.41. The molecule has 0 aromatic carbocycles. The molecule has 0 aromatic heterocycles. The number of sulfonamides is 1. The lowest BCUT2D eigenvalue weighted by atomic mass is 10.2. The first-order chi connectivity index (χ1) is 7.10. The Kier molecular flexibility index (Phi) is 4.98. The number of rotatable bonds is 6. The molecule has 1 saturated heterocycles. The minimum absolute atomic E-state index is 0.0536. The van der Waals surface area contributed by atoms with Crippen LogP contribution in [0.1, 0.15) is 19.8 Å². The normalized spacial score (nSPS) is 22.5. The molecule has 1 aliphatic rings. The van der Waals surface area contributed by atoms with Gasteiger partial charge in [-0.1, -0.05) is 0 Å². The van der Waals surface area contributed by atoms with Crippen LogP contribution >= 0.6 is 0 Å². The summed E-state index contributed by atoms with van der Waals surface area (Å²) in [4.78, 5) is 0. The molecule has 0 saturated carbocycles. The quantitative estimate of drug-likeness (QED) is 0.692. The summed E-state index contributed by atoms with van der Waals surface area (Å²) in [7, 11) is -3.14. The molecule has 5 nitrogen and oxygen atoms in total. The predicted octanol–water partition coefficient (Wildman–Crippen LogP) is -0.224. The number of nitrogens with two attached hydrogens (primary N) is 1. The Morgan fingerprint density at radius 1 is 1.53 bits per heavy atom. The Balaban J connectivity index is 2.57. The third kappa shape index (κ3) is 3.71. The van der Waals surface area contributed by atoms with Gasteiger partial charge in [0.25, 0.3) is 0 Å². The molecule has 1 rings (SSSR count). The SMILES string of the molecule is CCS(=O)(=O)N(CCN)CC1CCCO1. The van der Waals surface area contributed by atoms with Gasteiger partial charge >= 0.3 is 0 Å². The molecule has 1 heterocycles. The zero-order chi connectivity index (χ0) is 11.3. The van der Waals surface area contributed by atoms with E-state index in [0.29, 0.717) is 19.6 Å². The highest BCUT2D eigenvalue weighted by Gasteiger charge is 2.25. The van der Waals surface area contributed by atoms with Crippen LogP contribution in [-0.2, 0) is 14.8 Å². The van der Waals surface area contributed by atoms with E-state index < -0.39 is 10.0 Å². The first kappa shape index (κ1) is 12.9. The highest BCUT2D eigenvalue weighted by Crippen LogP contribution is 2.15. The number of nitrogens with zero attached hydrogens (tertiary/aromatic N) is 1. The molecular weight excluding hydrogens is 216 g/mol. The molecule has 1 fully saturated rings. The van der Waals surface area contributed by atoms with Gasteiger partial charge in [0.05, 0.1) is 11.9 Å². The van der Waals surface area contributed by atoms with Crippen LogP contribution in [0.4, 0.5) is 0 Å². The van der Waals surface area contributed by atoms with Crippen LogP contribution in [0.2, 0.25) is 0 Å². The van der Waals surface area contributed by atoms with E-state index in [4.69, 9.17) is 10.5 Å². The Labute approximate surface area is 91.6 Å². The van der Waals surface area contributed by atoms with Crippen molar-refractivity contribution in [1.29, 1.82) is 0 Å². The second kappa shape index (κ2) is 5.79. The third-order valence-corrected chi connectivity index (χ3v) is 4.42. The Morgan fingerprint density at radius 2 is 2.27 bits per heavy atom. The van der Waals surface area contributed by atoms with Gasteiger partial charge < -0.3 is 10.5 Å². The molecule has 6 heteroatoms. The highest BCUT2D eigenvalue weighted by molar-refractivity contribution is 7.89. The predicted molar refractivity (Wildman–Crippen MR) is 59.1 cm³/mol. The zero-order valence-electron chi connectivity index (χ0n) is 9.18. The van der Waals surface area contributed by atoms with E-state index in [-0.39, 0.29) is 11.9 Å². The first-order valence-electron chi connectivity index (χ1n) is 5.39. The van der Waals surface area contributed by atoms with Crippen molar-refractivity contribution in [2.24, 2.45) is 5.73 Å². The Hall–Kier alpha value is -0.170. The average Bonchev–Trinajstić information content (AvgIpc) is 2.70. The van der Waals surface area contributed by atoms with Crippen molar-refractivity contribution < 1.29 is 13.2 Å².